The monoisotopic (exact) mass is 362 g/mol. The number of carbonyl (C=O) groups is 2. The van der Waals surface area contributed by atoms with Crippen LogP contribution in [0, 0.1) is 0 Å². The molecule has 0 radical (unpaired) electrons. The van der Waals surface area contributed by atoms with Crippen molar-refractivity contribution in [3.05, 3.63) is 59.1 Å². The first-order chi connectivity index (χ1) is 12.0. The highest BCUT2D eigenvalue weighted by Gasteiger charge is 2.04. The summed E-state index contributed by atoms with van der Waals surface area (Å²) in [7, 11) is 0. The summed E-state index contributed by atoms with van der Waals surface area (Å²) in [6, 6.07) is 13.3. The minimum atomic E-state index is -1.08. The molecule has 0 spiro atoms. The van der Waals surface area contributed by atoms with Crippen molar-refractivity contribution in [1.82, 2.24) is 5.43 Å². The number of para-hydroxylation sites is 1. The zero-order valence-electron chi connectivity index (χ0n) is 13.0. The zero-order chi connectivity index (χ0) is 18.1. The molecule has 0 aliphatic carbocycles. The molecule has 0 aliphatic rings. The van der Waals surface area contributed by atoms with Gasteiger partial charge in [-0.3, -0.25) is 4.79 Å². The average Bonchev–Trinajstić information content (AvgIpc) is 2.60. The van der Waals surface area contributed by atoms with Crippen LogP contribution < -0.4 is 14.9 Å². The van der Waals surface area contributed by atoms with Crippen LogP contribution in [0.4, 0.5) is 0 Å². The second-order valence-electron chi connectivity index (χ2n) is 4.76. The van der Waals surface area contributed by atoms with E-state index >= 15 is 0 Å². The molecule has 25 heavy (non-hydrogen) atoms. The van der Waals surface area contributed by atoms with Crippen LogP contribution in [0.1, 0.15) is 5.56 Å². The standard InChI is InChI=1S/C17H15ClN2O5/c18-13-5-7-14(8-6-13)24-10-16(21)20-19-9-12-3-1-2-4-15(12)25-11-17(22)23/h1-9H,10-11H2,(H,20,21)(H,22,23)/b19-9+. The molecule has 2 N–H and O–H groups in total. The van der Waals surface area contributed by atoms with E-state index in [-0.39, 0.29) is 6.61 Å². The summed E-state index contributed by atoms with van der Waals surface area (Å²) >= 11 is 5.76. The van der Waals surface area contributed by atoms with Crippen molar-refractivity contribution in [1.29, 1.82) is 0 Å². The van der Waals surface area contributed by atoms with Crippen LogP contribution in [-0.2, 0) is 9.59 Å². The second-order valence-corrected chi connectivity index (χ2v) is 5.19. The first-order valence-electron chi connectivity index (χ1n) is 7.18. The Labute approximate surface area is 148 Å². The zero-order valence-corrected chi connectivity index (χ0v) is 13.8. The van der Waals surface area contributed by atoms with Crippen molar-refractivity contribution in [3.63, 3.8) is 0 Å². The molecule has 0 fully saturated rings. The van der Waals surface area contributed by atoms with Crippen molar-refractivity contribution in [2.75, 3.05) is 13.2 Å². The third-order valence-corrected chi connectivity index (χ3v) is 3.10. The summed E-state index contributed by atoms with van der Waals surface area (Å²) in [6.07, 6.45) is 1.36. The van der Waals surface area contributed by atoms with E-state index in [1.54, 1.807) is 48.5 Å². The fraction of sp³-hybridized carbons (Fsp3) is 0.118. The van der Waals surface area contributed by atoms with Gasteiger partial charge in [-0.05, 0) is 36.4 Å². The van der Waals surface area contributed by atoms with Crippen molar-refractivity contribution >= 4 is 29.7 Å². The lowest BCUT2D eigenvalue weighted by molar-refractivity contribution is -0.139. The molecule has 2 aromatic carbocycles. The number of hydrogen-bond donors (Lipinski definition) is 2. The van der Waals surface area contributed by atoms with Crippen LogP contribution in [0.15, 0.2) is 53.6 Å². The molecule has 1 amide bonds. The van der Waals surface area contributed by atoms with Gasteiger partial charge >= 0.3 is 5.97 Å². The topological polar surface area (TPSA) is 97.2 Å². The van der Waals surface area contributed by atoms with Gasteiger partial charge in [-0.25, -0.2) is 10.2 Å². The molecular formula is C17H15ClN2O5. The van der Waals surface area contributed by atoms with E-state index in [0.717, 1.165) is 0 Å². The Balaban J connectivity index is 1.84. The van der Waals surface area contributed by atoms with Gasteiger partial charge in [0.1, 0.15) is 11.5 Å². The van der Waals surface area contributed by atoms with Crippen molar-refractivity contribution in [2.45, 2.75) is 0 Å². The summed E-state index contributed by atoms with van der Waals surface area (Å²) in [4.78, 5) is 22.2. The molecule has 130 valence electrons. The first kappa shape index (κ1) is 18.3. The van der Waals surface area contributed by atoms with Crippen LogP contribution in [-0.4, -0.2) is 36.4 Å². The van der Waals surface area contributed by atoms with E-state index in [1.807, 2.05) is 0 Å². The molecule has 0 atom stereocenters. The van der Waals surface area contributed by atoms with Gasteiger partial charge in [0.25, 0.3) is 5.91 Å². The third kappa shape index (κ3) is 6.52. The Kier molecular flexibility index (Phi) is 6.79. The summed E-state index contributed by atoms with van der Waals surface area (Å²) in [5.74, 6) is -0.675. The lowest BCUT2D eigenvalue weighted by Gasteiger charge is -2.06. The maximum Gasteiger partial charge on any atom is 0.341 e. The normalized spacial score (nSPS) is 10.4. The van der Waals surface area contributed by atoms with Crippen LogP contribution >= 0.6 is 11.6 Å². The number of hydrazone groups is 1. The predicted octanol–water partition coefficient (Wildman–Crippen LogP) is 2.33. The van der Waals surface area contributed by atoms with E-state index < -0.39 is 18.5 Å². The van der Waals surface area contributed by atoms with E-state index in [9.17, 15) is 9.59 Å². The third-order valence-electron chi connectivity index (χ3n) is 2.85. The number of benzene rings is 2. The molecular weight excluding hydrogens is 348 g/mol. The van der Waals surface area contributed by atoms with Crippen molar-refractivity contribution < 1.29 is 24.2 Å². The molecule has 2 rings (SSSR count). The number of carbonyl (C=O) groups excluding carboxylic acids is 1. The Morgan fingerprint density at radius 2 is 1.80 bits per heavy atom. The fourth-order valence-corrected chi connectivity index (χ4v) is 1.87. The van der Waals surface area contributed by atoms with E-state index in [2.05, 4.69) is 10.5 Å². The van der Waals surface area contributed by atoms with Gasteiger partial charge in [-0.2, -0.15) is 5.10 Å². The number of amides is 1. The number of rotatable bonds is 8. The van der Waals surface area contributed by atoms with Gasteiger partial charge in [0.15, 0.2) is 13.2 Å². The number of halogens is 1. The van der Waals surface area contributed by atoms with Gasteiger partial charge in [-0.1, -0.05) is 23.7 Å². The maximum atomic E-state index is 11.7. The van der Waals surface area contributed by atoms with E-state index in [1.165, 1.54) is 6.21 Å². The smallest absolute Gasteiger partial charge is 0.341 e. The molecule has 0 aliphatic heterocycles. The lowest BCUT2D eigenvalue weighted by atomic mass is 10.2. The molecule has 0 unspecified atom stereocenters. The summed E-state index contributed by atoms with van der Waals surface area (Å²) in [5.41, 5.74) is 2.84. The van der Waals surface area contributed by atoms with Gasteiger partial charge in [0.05, 0.1) is 6.21 Å². The number of hydrogen-bond acceptors (Lipinski definition) is 5. The van der Waals surface area contributed by atoms with Gasteiger partial charge in [0.2, 0.25) is 0 Å². The van der Waals surface area contributed by atoms with Crippen molar-refractivity contribution in [3.8, 4) is 11.5 Å². The quantitative estimate of drug-likeness (QED) is 0.555. The number of aliphatic carboxylic acids is 1. The molecule has 0 saturated carbocycles. The second kappa shape index (κ2) is 9.29. The maximum absolute atomic E-state index is 11.7. The highest BCUT2D eigenvalue weighted by atomic mass is 35.5. The first-order valence-corrected chi connectivity index (χ1v) is 7.56. The largest absolute Gasteiger partial charge is 0.484 e. The Morgan fingerprint density at radius 1 is 1.08 bits per heavy atom. The van der Waals surface area contributed by atoms with Crippen molar-refractivity contribution in [2.24, 2.45) is 5.10 Å². The Morgan fingerprint density at radius 3 is 2.52 bits per heavy atom. The highest BCUT2D eigenvalue weighted by Crippen LogP contribution is 2.16. The van der Waals surface area contributed by atoms with Gasteiger partial charge in [-0.15, -0.1) is 0 Å². The molecule has 0 saturated heterocycles. The minimum Gasteiger partial charge on any atom is -0.484 e. The fourth-order valence-electron chi connectivity index (χ4n) is 1.74. The highest BCUT2D eigenvalue weighted by molar-refractivity contribution is 6.30. The van der Waals surface area contributed by atoms with E-state index in [0.29, 0.717) is 22.1 Å². The lowest BCUT2D eigenvalue weighted by Crippen LogP contribution is -2.24. The number of carboxylic acid groups (broad SMARTS) is 1. The Bertz CT molecular complexity index is 762. The van der Waals surface area contributed by atoms with Crippen LogP contribution in [0.2, 0.25) is 5.02 Å². The average molecular weight is 363 g/mol. The molecule has 0 bridgehead atoms. The molecule has 2 aromatic rings. The minimum absolute atomic E-state index is 0.212. The van der Waals surface area contributed by atoms with Crippen LogP contribution in [0.5, 0.6) is 11.5 Å². The molecule has 7 nitrogen and oxygen atoms in total. The summed E-state index contributed by atoms with van der Waals surface area (Å²) in [6.45, 7) is -0.678. The van der Waals surface area contributed by atoms with Gasteiger partial charge in [0, 0.05) is 10.6 Å². The summed E-state index contributed by atoms with van der Waals surface area (Å²) in [5, 5.41) is 13.0. The molecule has 0 heterocycles. The summed E-state index contributed by atoms with van der Waals surface area (Å²) < 4.78 is 10.4. The molecule has 8 heteroatoms. The number of ether oxygens (including phenoxy) is 2. The SMILES string of the molecule is O=C(O)COc1ccccc1/C=N/NC(=O)COc1ccc(Cl)cc1. The number of nitrogens with one attached hydrogen (secondary N) is 1. The predicted molar refractivity (Wildman–Crippen MR) is 92.3 cm³/mol. The van der Waals surface area contributed by atoms with Gasteiger partial charge < -0.3 is 14.6 Å². The number of carboxylic acids is 1. The number of nitrogens with zero attached hydrogens (tertiary/aromatic N) is 1. The van der Waals surface area contributed by atoms with E-state index in [4.69, 9.17) is 26.2 Å². The van der Waals surface area contributed by atoms with Crippen LogP contribution in [0.3, 0.4) is 0 Å². The Hall–Kier alpha value is -3.06. The van der Waals surface area contributed by atoms with Crippen LogP contribution in [0.25, 0.3) is 0 Å². The molecule has 0 aromatic heterocycles.